The molecule has 0 saturated carbocycles. The molecule has 1 amide bonds. The first kappa shape index (κ1) is 26.7. The molecule has 0 saturated heterocycles. The molecule has 1 N–H and O–H groups in total. The molecule has 0 unspecified atom stereocenters. The van der Waals surface area contributed by atoms with Crippen LogP contribution in [0.3, 0.4) is 0 Å². The predicted molar refractivity (Wildman–Crippen MR) is 141 cm³/mol. The van der Waals surface area contributed by atoms with Crippen LogP contribution in [-0.2, 0) is 22.9 Å². The summed E-state index contributed by atoms with van der Waals surface area (Å²) in [5.41, 5.74) is 3.72. The summed E-state index contributed by atoms with van der Waals surface area (Å²) < 4.78 is 23.9. The van der Waals surface area contributed by atoms with E-state index in [4.69, 9.17) is 29.8 Å². The lowest BCUT2D eigenvalue weighted by molar-refractivity contribution is 0.0951. The Balaban J connectivity index is 1.78. The number of benzene rings is 3. The van der Waals surface area contributed by atoms with Crippen molar-refractivity contribution < 1.29 is 13.2 Å². The molecule has 3 aromatic carbocycles. The van der Waals surface area contributed by atoms with Gasteiger partial charge in [0.15, 0.2) is 15.5 Å². The number of amides is 1. The Kier molecular flexibility index (Phi) is 8.57. The predicted octanol–water partition coefficient (Wildman–Crippen LogP) is 6.00. The van der Waals surface area contributed by atoms with Gasteiger partial charge in [-0.05, 0) is 61.1 Å². The Morgan fingerprint density at radius 1 is 1.03 bits per heavy atom. The largest absolute Gasteiger partial charge is 0.348 e. The summed E-state index contributed by atoms with van der Waals surface area (Å²) in [5, 5.41) is 3.39. The van der Waals surface area contributed by atoms with Gasteiger partial charge in [0.05, 0.1) is 27.3 Å². The molecular formula is C26H25Cl2N3O3S. The highest BCUT2D eigenvalue weighted by Gasteiger charge is 2.16. The van der Waals surface area contributed by atoms with Gasteiger partial charge < -0.3 is 10.2 Å². The Morgan fingerprint density at radius 3 is 2.20 bits per heavy atom. The molecule has 0 heterocycles. The van der Waals surface area contributed by atoms with E-state index in [0.717, 1.165) is 11.1 Å². The van der Waals surface area contributed by atoms with Crippen LogP contribution in [0, 0.1) is 6.57 Å². The third kappa shape index (κ3) is 6.41. The lowest BCUT2D eigenvalue weighted by Gasteiger charge is -2.14. The van der Waals surface area contributed by atoms with E-state index >= 15 is 0 Å². The molecule has 0 atom stereocenters. The van der Waals surface area contributed by atoms with E-state index in [0.29, 0.717) is 39.0 Å². The van der Waals surface area contributed by atoms with Crippen LogP contribution in [-0.4, -0.2) is 39.1 Å². The fraction of sp³-hybridized carbons (Fsp3) is 0.231. The van der Waals surface area contributed by atoms with Crippen molar-refractivity contribution in [3.05, 3.63) is 92.8 Å². The van der Waals surface area contributed by atoms with Gasteiger partial charge in [-0.3, -0.25) is 4.79 Å². The molecule has 0 aromatic heterocycles. The molecule has 0 aliphatic heterocycles. The van der Waals surface area contributed by atoms with Gasteiger partial charge in [-0.15, -0.1) is 0 Å². The van der Waals surface area contributed by atoms with Crippen molar-refractivity contribution in [2.45, 2.75) is 24.9 Å². The highest BCUT2D eigenvalue weighted by molar-refractivity contribution is 7.91. The Hall–Kier alpha value is -2.89. The number of hydrogen-bond donors (Lipinski definition) is 1. The molecule has 0 radical (unpaired) electrons. The number of nitrogens with zero attached hydrogens (tertiary/aromatic N) is 2. The second-order valence-corrected chi connectivity index (χ2v) is 11.3. The lowest BCUT2D eigenvalue weighted by Crippen LogP contribution is -2.22. The molecule has 0 aliphatic carbocycles. The van der Waals surface area contributed by atoms with E-state index in [9.17, 15) is 13.2 Å². The van der Waals surface area contributed by atoms with Gasteiger partial charge in [0.25, 0.3) is 5.91 Å². The SMILES string of the molecule is [C-]#[N+]c1cc(-c2c(Cl)cc(C(=O)NCc3ccc(S(=O)(=O)CC)cc3)cc2Cl)ccc1CN(C)C. The third-order valence-electron chi connectivity index (χ3n) is 5.40. The first-order valence-electron chi connectivity index (χ1n) is 10.8. The normalized spacial score (nSPS) is 11.3. The van der Waals surface area contributed by atoms with E-state index in [2.05, 4.69) is 10.2 Å². The van der Waals surface area contributed by atoms with Gasteiger partial charge in [-0.25, -0.2) is 13.3 Å². The Morgan fingerprint density at radius 2 is 1.66 bits per heavy atom. The van der Waals surface area contributed by atoms with E-state index in [1.54, 1.807) is 37.3 Å². The minimum absolute atomic E-state index is 0.0278. The van der Waals surface area contributed by atoms with Gasteiger partial charge in [0.2, 0.25) is 0 Å². The second kappa shape index (κ2) is 11.2. The van der Waals surface area contributed by atoms with Crippen LogP contribution in [0.15, 0.2) is 59.5 Å². The summed E-state index contributed by atoms with van der Waals surface area (Å²) in [6.07, 6.45) is 0. The maximum absolute atomic E-state index is 12.7. The fourth-order valence-corrected chi connectivity index (χ4v) is 5.13. The number of carbonyl (C=O) groups is 1. The third-order valence-corrected chi connectivity index (χ3v) is 7.75. The molecular weight excluding hydrogens is 505 g/mol. The standard InChI is InChI=1S/C26H25Cl2N3O3S/c1-5-35(33,34)21-10-6-17(7-11-21)15-30-26(32)20-12-22(27)25(23(28)13-20)18-8-9-19(16-31(3)4)24(14-18)29-2/h6-14H,5,15-16H2,1,3-4H3,(H,30,32). The van der Waals surface area contributed by atoms with Crippen molar-refractivity contribution in [1.29, 1.82) is 0 Å². The number of nitrogens with one attached hydrogen (secondary N) is 1. The number of rotatable bonds is 8. The minimum atomic E-state index is -3.27. The topological polar surface area (TPSA) is 70.8 Å². The summed E-state index contributed by atoms with van der Waals surface area (Å²) in [7, 11) is 0.598. The zero-order chi connectivity index (χ0) is 25.8. The zero-order valence-electron chi connectivity index (χ0n) is 19.6. The number of sulfone groups is 1. The maximum Gasteiger partial charge on any atom is 0.251 e. The van der Waals surface area contributed by atoms with Crippen molar-refractivity contribution in [1.82, 2.24) is 10.2 Å². The van der Waals surface area contributed by atoms with Crippen LogP contribution in [0.5, 0.6) is 0 Å². The molecule has 0 spiro atoms. The molecule has 9 heteroatoms. The molecule has 0 fully saturated rings. The average Bonchev–Trinajstić information content (AvgIpc) is 2.82. The van der Waals surface area contributed by atoms with Gasteiger partial charge >= 0.3 is 0 Å². The molecule has 182 valence electrons. The van der Waals surface area contributed by atoms with Gasteiger partial charge in [0, 0.05) is 24.2 Å². The van der Waals surface area contributed by atoms with Crippen molar-refractivity contribution in [3.8, 4) is 11.1 Å². The van der Waals surface area contributed by atoms with E-state index in [1.807, 2.05) is 31.1 Å². The van der Waals surface area contributed by atoms with Crippen molar-refractivity contribution >= 4 is 44.6 Å². The van der Waals surface area contributed by atoms with Gasteiger partial charge in [-0.1, -0.05) is 54.4 Å². The Labute approximate surface area is 216 Å². The van der Waals surface area contributed by atoms with Crippen LogP contribution in [0.1, 0.15) is 28.4 Å². The summed E-state index contributed by atoms with van der Waals surface area (Å²) in [6.45, 7) is 9.95. The number of carbonyl (C=O) groups excluding carboxylic acids is 1. The molecule has 3 rings (SSSR count). The summed E-state index contributed by atoms with van der Waals surface area (Å²) in [5.74, 6) is -0.339. The molecule has 0 bridgehead atoms. The molecule has 35 heavy (non-hydrogen) atoms. The average molecular weight is 530 g/mol. The quantitative estimate of drug-likeness (QED) is 0.363. The van der Waals surface area contributed by atoms with Crippen molar-refractivity contribution in [2.24, 2.45) is 0 Å². The Bertz CT molecular complexity index is 1370. The molecule has 6 nitrogen and oxygen atoms in total. The van der Waals surface area contributed by atoms with E-state index < -0.39 is 9.84 Å². The number of hydrogen-bond acceptors (Lipinski definition) is 4. The molecule has 0 aliphatic rings. The van der Waals surface area contributed by atoms with E-state index in [-0.39, 0.29) is 23.1 Å². The smallest absolute Gasteiger partial charge is 0.251 e. The second-order valence-electron chi connectivity index (χ2n) is 8.24. The van der Waals surface area contributed by atoms with E-state index in [1.165, 1.54) is 12.1 Å². The van der Waals surface area contributed by atoms with Crippen molar-refractivity contribution in [2.75, 3.05) is 19.8 Å². The van der Waals surface area contributed by atoms with Crippen LogP contribution in [0.25, 0.3) is 16.0 Å². The molecule has 3 aromatic rings. The summed E-state index contributed by atoms with van der Waals surface area (Å²) in [6, 6.07) is 15.0. The first-order chi connectivity index (χ1) is 16.6. The van der Waals surface area contributed by atoms with Crippen LogP contribution >= 0.6 is 23.2 Å². The van der Waals surface area contributed by atoms with Gasteiger partial charge in [-0.2, -0.15) is 0 Å². The van der Waals surface area contributed by atoms with Crippen LogP contribution in [0.2, 0.25) is 10.0 Å². The highest BCUT2D eigenvalue weighted by Crippen LogP contribution is 2.38. The minimum Gasteiger partial charge on any atom is -0.348 e. The monoisotopic (exact) mass is 529 g/mol. The van der Waals surface area contributed by atoms with Crippen LogP contribution < -0.4 is 5.32 Å². The van der Waals surface area contributed by atoms with Gasteiger partial charge in [0.1, 0.15) is 0 Å². The first-order valence-corrected chi connectivity index (χ1v) is 13.2. The highest BCUT2D eigenvalue weighted by atomic mass is 35.5. The van der Waals surface area contributed by atoms with Crippen molar-refractivity contribution in [3.63, 3.8) is 0 Å². The van der Waals surface area contributed by atoms with Crippen LogP contribution in [0.4, 0.5) is 5.69 Å². The lowest BCUT2D eigenvalue weighted by atomic mass is 10.0. The fourth-order valence-electron chi connectivity index (χ4n) is 3.54. The summed E-state index contributed by atoms with van der Waals surface area (Å²) >= 11 is 13.0. The summed E-state index contributed by atoms with van der Waals surface area (Å²) in [4.78, 5) is 18.6. The number of halogens is 2. The zero-order valence-corrected chi connectivity index (χ0v) is 21.9. The maximum atomic E-state index is 12.7.